The van der Waals surface area contributed by atoms with E-state index in [1.54, 1.807) is 6.08 Å². The summed E-state index contributed by atoms with van der Waals surface area (Å²) in [4.78, 5) is 13.0. The first-order valence-corrected chi connectivity index (χ1v) is 24.6. The highest BCUT2D eigenvalue weighted by Crippen LogP contribution is 2.23. The summed E-state index contributed by atoms with van der Waals surface area (Å²) in [7, 11) is 0. The van der Waals surface area contributed by atoms with Gasteiger partial charge in [0.25, 0.3) is 0 Å². The lowest BCUT2D eigenvalue weighted by atomic mass is 9.99. The molecule has 1 aliphatic rings. The molecule has 7 unspecified atom stereocenters. The molecule has 7 atom stereocenters. The van der Waals surface area contributed by atoms with Crippen LogP contribution >= 0.6 is 0 Å². The van der Waals surface area contributed by atoms with Gasteiger partial charge in [-0.2, -0.15) is 0 Å². The normalized spacial score (nSPS) is 21.0. The lowest BCUT2D eigenvalue weighted by molar-refractivity contribution is -0.302. The predicted octanol–water partition coefficient (Wildman–Crippen LogP) is 10.7. The quantitative estimate of drug-likeness (QED) is 0.0264. The molecule has 9 heteroatoms. The number of hydrogen-bond donors (Lipinski definition) is 6. The Morgan fingerprint density at radius 2 is 0.966 bits per heavy atom. The van der Waals surface area contributed by atoms with Crippen molar-refractivity contribution in [3.8, 4) is 0 Å². The highest BCUT2D eigenvalue weighted by atomic mass is 16.7. The molecule has 6 N–H and O–H groups in total. The summed E-state index contributed by atoms with van der Waals surface area (Å²) in [5.41, 5.74) is 0. The van der Waals surface area contributed by atoms with E-state index in [4.69, 9.17) is 9.47 Å². The van der Waals surface area contributed by atoms with Crippen molar-refractivity contribution in [1.29, 1.82) is 0 Å². The Balaban J connectivity index is 2.28. The molecule has 0 aromatic carbocycles. The Bertz CT molecular complexity index is 961. The van der Waals surface area contributed by atoms with E-state index in [-0.39, 0.29) is 12.5 Å². The molecule has 1 rings (SSSR count). The van der Waals surface area contributed by atoms with Crippen LogP contribution in [0.4, 0.5) is 0 Å². The zero-order valence-electron chi connectivity index (χ0n) is 37.6. The van der Waals surface area contributed by atoms with Gasteiger partial charge in [0.1, 0.15) is 24.4 Å². The fourth-order valence-electron chi connectivity index (χ4n) is 7.80. The SMILES string of the molecule is CCCCCCCCCCCCC/C=C\CCCCCCCCCC(=O)NC(COC1OC(CO)C(O)C(O)C1O)C(O)/C=C/CCCCCCCCCCCCC. The molecule has 1 fully saturated rings. The van der Waals surface area contributed by atoms with Gasteiger partial charge in [-0.05, 0) is 44.9 Å². The summed E-state index contributed by atoms with van der Waals surface area (Å²) < 4.78 is 11.2. The highest BCUT2D eigenvalue weighted by Gasteiger charge is 2.44. The van der Waals surface area contributed by atoms with Crippen LogP contribution in [0.5, 0.6) is 0 Å². The fraction of sp³-hybridized carbons (Fsp3) is 0.898. The van der Waals surface area contributed by atoms with E-state index in [0.717, 1.165) is 38.5 Å². The minimum atomic E-state index is -1.56. The number of carbonyl (C=O) groups is 1. The fourth-order valence-corrected chi connectivity index (χ4v) is 7.80. The average molecular weight is 824 g/mol. The summed E-state index contributed by atoms with van der Waals surface area (Å²) in [6, 6.07) is -0.804. The van der Waals surface area contributed by atoms with Gasteiger partial charge >= 0.3 is 0 Å². The highest BCUT2D eigenvalue weighted by molar-refractivity contribution is 5.76. The summed E-state index contributed by atoms with van der Waals surface area (Å²) in [5.74, 6) is -0.180. The van der Waals surface area contributed by atoms with Gasteiger partial charge in [0.2, 0.25) is 5.91 Å². The lowest BCUT2D eigenvalue weighted by Crippen LogP contribution is -2.60. The van der Waals surface area contributed by atoms with Crippen molar-refractivity contribution in [3.63, 3.8) is 0 Å². The first kappa shape index (κ1) is 54.7. The van der Waals surface area contributed by atoms with Crippen LogP contribution in [0.3, 0.4) is 0 Å². The second-order valence-electron chi connectivity index (χ2n) is 17.3. The number of rotatable bonds is 41. The number of amides is 1. The van der Waals surface area contributed by atoms with Gasteiger partial charge in [0.15, 0.2) is 6.29 Å². The van der Waals surface area contributed by atoms with Crippen LogP contribution in [0.1, 0.15) is 226 Å². The van der Waals surface area contributed by atoms with Gasteiger partial charge < -0.3 is 40.3 Å². The van der Waals surface area contributed by atoms with E-state index in [9.17, 15) is 30.3 Å². The van der Waals surface area contributed by atoms with Crippen molar-refractivity contribution in [3.05, 3.63) is 24.3 Å². The molecule has 0 spiro atoms. The molecule has 0 bridgehead atoms. The molecule has 9 nitrogen and oxygen atoms in total. The number of carbonyl (C=O) groups excluding carboxylic acids is 1. The molecule has 1 heterocycles. The van der Waals surface area contributed by atoms with Crippen LogP contribution in [0.15, 0.2) is 24.3 Å². The number of nitrogens with one attached hydrogen (secondary N) is 1. The second kappa shape index (κ2) is 39.8. The zero-order chi connectivity index (χ0) is 42.3. The van der Waals surface area contributed by atoms with Crippen LogP contribution in [-0.4, -0.2) is 87.5 Å². The number of aliphatic hydroxyl groups is 5. The third kappa shape index (κ3) is 29.8. The zero-order valence-corrected chi connectivity index (χ0v) is 37.6. The first-order valence-electron chi connectivity index (χ1n) is 24.6. The Morgan fingerprint density at radius 1 is 0.569 bits per heavy atom. The monoisotopic (exact) mass is 824 g/mol. The van der Waals surface area contributed by atoms with Crippen molar-refractivity contribution < 1.29 is 39.8 Å². The molecular weight excluding hydrogens is 731 g/mol. The maximum absolute atomic E-state index is 13.0. The van der Waals surface area contributed by atoms with E-state index < -0.39 is 49.5 Å². The van der Waals surface area contributed by atoms with Crippen LogP contribution in [0.25, 0.3) is 0 Å². The molecule has 0 radical (unpaired) electrons. The Hall–Kier alpha value is -1.33. The van der Waals surface area contributed by atoms with Gasteiger partial charge in [-0.25, -0.2) is 0 Å². The van der Waals surface area contributed by atoms with Gasteiger partial charge in [-0.1, -0.05) is 199 Å². The Morgan fingerprint density at radius 3 is 1.40 bits per heavy atom. The minimum Gasteiger partial charge on any atom is -0.394 e. The molecule has 0 aromatic rings. The second-order valence-corrected chi connectivity index (χ2v) is 17.3. The van der Waals surface area contributed by atoms with Gasteiger partial charge in [-0.3, -0.25) is 4.79 Å². The van der Waals surface area contributed by atoms with Crippen LogP contribution in [0, 0.1) is 0 Å². The minimum absolute atomic E-state index is 0.180. The van der Waals surface area contributed by atoms with Crippen LogP contribution in [0.2, 0.25) is 0 Å². The van der Waals surface area contributed by atoms with E-state index in [1.807, 2.05) is 6.08 Å². The van der Waals surface area contributed by atoms with Gasteiger partial charge in [0, 0.05) is 6.42 Å². The number of ether oxygens (including phenoxy) is 2. The van der Waals surface area contributed by atoms with Crippen LogP contribution < -0.4 is 5.32 Å². The third-order valence-electron chi connectivity index (χ3n) is 11.8. The molecule has 0 aliphatic carbocycles. The molecule has 0 saturated carbocycles. The maximum Gasteiger partial charge on any atom is 0.220 e. The smallest absolute Gasteiger partial charge is 0.220 e. The summed E-state index contributed by atoms with van der Waals surface area (Å²) in [6.07, 6.45) is 40.8. The van der Waals surface area contributed by atoms with E-state index in [1.165, 1.54) is 167 Å². The number of aliphatic hydroxyl groups excluding tert-OH is 5. The van der Waals surface area contributed by atoms with Crippen molar-refractivity contribution in [2.24, 2.45) is 0 Å². The summed E-state index contributed by atoms with van der Waals surface area (Å²) in [5, 5.41) is 54.2. The topological polar surface area (TPSA) is 149 Å². The average Bonchev–Trinajstić information content (AvgIpc) is 3.22. The standard InChI is InChI=1S/C49H93NO8/c1-3-5-7-9-11-13-15-17-18-19-20-21-22-23-24-25-27-29-31-33-35-37-39-45(53)50-42(41-57-49-48(56)47(55)46(54)44(40-51)58-49)43(52)38-36-34-32-30-28-26-16-14-12-10-8-6-4-2/h22-23,36,38,42-44,46-49,51-52,54-56H,3-21,24-35,37,39-41H2,1-2H3,(H,50,53)/b23-22-,38-36+. The van der Waals surface area contributed by atoms with Gasteiger partial charge in [0.05, 0.1) is 25.4 Å². The van der Waals surface area contributed by atoms with Crippen molar-refractivity contribution in [2.75, 3.05) is 13.2 Å². The molecule has 1 aliphatic heterocycles. The molecule has 58 heavy (non-hydrogen) atoms. The molecule has 0 aromatic heterocycles. The maximum atomic E-state index is 13.0. The number of hydrogen-bond acceptors (Lipinski definition) is 8. The largest absolute Gasteiger partial charge is 0.394 e. The Labute approximate surface area is 356 Å². The first-order chi connectivity index (χ1) is 28.3. The summed E-state index contributed by atoms with van der Waals surface area (Å²) >= 11 is 0. The third-order valence-corrected chi connectivity index (χ3v) is 11.8. The van der Waals surface area contributed by atoms with E-state index in [2.05, 4.69) is 31.3 Å². The number of unbranched alkanes of at least 4 members (excludes halogenated alkanes) is 29. The van der Waals surface area contributed by atoms with E-state index in [0.29, 0.717) is 6.42 Å². The molecule has 1 saturated heterocycles. The predicted molar refractivity (Wildman–Crippen MR) is 240 cm³/mol. The number of allylic oxidation sites excluding steroid dienone is 3. The molecular formula is C49H93NO8. The van der Waals surface area contributed by atoms with Crippen molar-refractivity contribution in [2.45, 2.75) is 269 Å². The van der Waals surface area contributed by atoms with Crippen molar-refractivity contribution in [1.82, 2.24) is 5.32 Å². The molecule has 342 valence electrons. The summed E-state index contributed by atoms with van der Waals surface area (Å²) in [6.45, 7) is 3.78. The van der Waals surface area contributed by atoms with E-state index >= 15 is 0 Å². The van der Waals surface area contributed by atoms with Gasteiger partial charge in [-0.15, -0.1) is 0 Å². The van der Waals surface area contributed by atoms with Crippen molar-refractivity contribution >= 4 is 5.91 Å². The molecule has 1 amide bonds. The van der Waals surface area contributed by atoms with Crippen LogP contribution in [-0.2, 0) is 14.3 Å². The lowest BCUT2D eigenvalue weighted by Gasteiger charge is -2.40. The Kier molecular flexibility index (Phi) is 37.5.